The highest BCUT2D eigenvalue weighted by atomic mass is 14.8. The van der Waals surface area contributed by atoms with Gasteiger partial charge >= 0.3 is 0 Å². The van der Waals surface area contributed by atoms with Crippen LogP contribution in [-0.4, -0.2) is 9.97 Å². The molecule has 0 amide bonds. The number of hydrogen-bond acceptors (Lipinski definition) is 2. The van der Waals surface area contributed by atoms with Crippen LogP contribution in [-0.2, 0) is 0 Å². The van der Waals surface area contributed by atoms with Crippen LogP contribution in [0.5, 0.6) is 0 Å². The number of benzene rings is 8. The molecular formula is C42H26N2. The van der Waals surface area contributed by atoms with Crippen molar-refractivity contribution in [2.75, 3.05) is 0 Å². The van der Waals surface area contributed by atoms with Gasteiger partial charge < -0.3 is 0 Å². The van der Waals surface area contributed by atoms with Crippen molar-refractivity contribution in [1.29, 1.82) is 0 Å². The van der Waals surface area contributed by atoms with Gasteiger partial charge in [-0.15, -0.1) is 0 Å². The predicted octanol–water partition coefficient (Wildman–Crippen LogP) is 11.2. The molecule has 204 valence electrons. The summed E-state index contributed by atoms with van der Waals surface area (Å²) in [5, 5.41) is 9.61. The van der Waals surface area contributed by atoms with Crippen molar-refractivity contribution in [1.82, 2.24) is 9.97 Å². The maximum Gasteiger partial charge on any atom is 0.0979 e. The Morgan fingerprint density at radius 3 is 1.77 bits per heavy atom. The van der Waals surface area contributed by atoms with Crippen molar-refractivity contribution in [2.24, 2.45) is 0 Å². The van der Waals surface area contributed by atoms with Crippen LogP contribution in [0.1, 0.15) is 0 Å². The zero-order valence-electron chi connectivity index (χ0n) is 23.9. The average molecular weight is 559 g/mol. The summed E-state index contributed by atoms with van der Waals surface area (Å²) >= 11 is 0. The van der Waals surface area contributed by atoms with Crippen molar-refractivity contribution in [2.45, 2.75) is 0 Å². The summed E-state index contributed by atoms with van der Waals surface area (Å²) in [4.78, 5) is 10.9. The lowest BCUT2D eigenvalue weighted by atomic mass is 9.91. The zero-order valence-corrected chi connectivity index (χ0v) is 23.9. The summed E-state index contributed by atoms with van der Waals surface area (Å²) in [5.41, 5.74) is 8.06. The highest BCUT2D eigenvalue weighted by molar-refractivity contribution is 6.24. The van der Waals surface area contributed by atoms with E-state index in [4.69, 9.17) is 9.97 Å². The molecule has 0 saturated heterocycles. The molecule has 0 aliphatic heterocycles. The second-order valence-electron chi connectivity index (χ2n) is 11.4. The molecule has 44 heavy (non-hydrogen) atoms. The molecule has 0 atom stereocenters. The normalized spacial score (nSPS) is 11.6. The van der Waals surface area contributed by atoms with E-state index in [-0.39, 0.29) is 0 Å². The van der Waals surface area contributed by atoms with Crippen LogP contribution in [0.2, 0.25) is 0 Å². The maximum atomic E-state index is 5.47. The third-order valence-electron chi connectivity index (χ3n) is 8.81. The number of hydrogen-bond donors (Lipinski definition) is 0. The van der Waals surface area contributed by atoms with Gasteiger partial charge in [0.05, 0.1) is 22.4 Å². The van der Waals surface area contributed by atoms with E-state index in [0.29, 0.717) is 0 Å². The summed E-state index contributed by atoms with van der Waals surface area (Å²) in [6, 6.07) is 56.1. The molecule has 2 heteroatoms. The molecule has 0 spiro atoms. The van der Waals surface area contributed by atoms with E-state index in [9.17, 15) is 0 Å². The first-order valence-electron chi connectivity index (χ1n) is 15.0. The third-order valence-corrected chi connectivity index (χ3v) is 8.81. The summed E-state index contributed by atoms with van der Waals surface area (Å²) < 4.78 is 0. The molecule has 8 aromatic carbocycles. The fourth-order valence-electron chi connectivity index (χ4n) is 6.73. The third kappa shape index (κ3) is 3.89. The predicted molar refractivity (Wildman–Crippen MR) is 186 cm³/mol. The Kier molecular flexibility index (Phi) is 5.54. The number of rotatable bonds is 3. The minimum atomic E-state index is 0.886. The fraction of sp³-hybridized carbons (Fsp3) is 0. The molecule has 9 aromatic rings. The lowest BCUT2D eigenvalue weighted by Crippen LogP contribution is -1.97. The van der Waals surface area contributed by atoms with Crippen LogP contribution in [0.25, 0.3) is 87.8 Å². The first kappa shape index (κ1) is 24.7. The molecular weight excluding hydrogens is 532 g/mol. The first-order valence-corrected chi connectivity index (χ1v) is 15.0. The van der Waals surface area contributed by atoms with Gasteiger partial charge in [-0.2, -0.15) is 0 Å². The van der Waals surface area contributed by atoms with Gasteiger partial charge in [0.25, 0.3) is 0 Å². The number of fused-ring (bicyclic) bond motifs is 8. The van der Waals surface area contributed by atoms with Crippen molar-refractivity contribution in [3.63, 3.8) is 0 Å². The largest absolute Gasteiger partial charge is 0.244 e. The highest BCUT2D eigenvalue weighted by Crippen LogP contribution is 2.41. The van der Waals surface area contributed by atoms with Gasteiger partial charge in [-0.05, 0) is 61.0 Å². The van der Waals surface area contributed by atoms with Crippen LogP contribution >= 0.6 is 0 Å². The van der Waals surface area contributed by atoms with E-state index >= 15 is 0 Å². The molecule has 9 rings (SSSR count). The van der Waals surface area contributed by atoms with Crippen LogP contribution in [0.3, 0.4) is 0 Å². The van der Waals surface area contributed by atoms with Crippen LogP contribution in [0.4, 0.5) is 0 Å². The molecule has 0 aliphatic carbocycles. The van der Waals surface area contributed by atoms with Gasteiger partial charge in [0.1, 0.15) is 0 Å². The molecule has 0 bridgehead atoms. The zero-order chi connectivity index (χ0) is 29.0. The molecule has 0 aliphatic rings. The van der Waals surface area contributed by atoms with E-state index in [1.807, 2.05) is 0 Å². The minimum Gasteiger partial charge on any atom is -0.244 e. The summed E-state index contributed by atoms with van der Waals surface area (Å²) in [5.74, 6) is 0. The second kappa shape index (κ2) is 9.86. The Bertz CT molecular complexity index is 2540. The van der Waals surface area contributed by atoms with Crippen molar-refractivity contribution < 1.29 is 0 Å². The topological polar surface area (TPSA) is 25.8 Å². The molecule has 0 unspecified atom stereocenters. The second-order valence-corrected chi connectivity index (χ2v) is 11.4. The molecule has 1 aromatic heterocycles. The summed E-state index contributed by atoms with van der Waals surface area (Å²) in [6.07, 6.45) is 0. The van der Waals surface area contributed by atoms with E-state index in [2.05, 4.69) is 158 Å². The van der Waals surface area contributed by atoms with Gasteiger partial charge in [0, 0.05) is 16.5 Å². The average Bonchev–Trinajstić information content (AvgIpc) is 3.11. The monoisotopic (exact) mass is 558 g/mol. The van der Waals surface area contributed by atoms with Gasteiger partial charge in [-0.3, -0.25) is 0 Å². The molecule has 0 radical (unpaired) electrons. The first-order chi connectivity index (χ1) is 21.8. The smallest absolute Gasteiger partial charge is 0.0979 e. The van der Waals surface area contributed by atoms with Gasteiger partial charge in [-0.1, -0.05) is 146 Å². The lowest BCUT2D eigenvalue weighted by molar-refractivity contribution is 1.30. The van der Waals surface area contributed by atoms with Crippen LogP contribution in [0, 0.1) is 0 Å². The van der Waals surface area contributed by atoms with Gasteiger partial charge in [-0.25, -0.2) is 9.97 Å². The summed E-state index contributed by atoms with van der Waals surface area (Å²) in [7, 11) is 0. The standard InChI is InChI=1S/C42H26N2/c1-2-10-27(11-3-1)32-15-8-16-33(26-32)40-42(43-37-25-24-29-13-5-7-18-35(29)41(37)44-40)36-19-9-14-30-22-23-31-21-20-28-12-4-6-17-34(28)38(31)39(30)36/h1-26H. The molecule has 0 N–H and O–H groups in total. The van der Waals surface area contributed by atoms with Crippen LogP contribution < -0.4 is 0 Å². The molecule has 1 heterocycles. The Morgan fingerprint density at radius 2 is 0.932 bits per heavy atom. The molecule has 2 nitrogen and oxygen atoms in total. The summed E-state index contributed by atoms with van der Waals surface area (Å²) in [6.45, 7) is 0. The van der Waals surface area contributed by atoms with E-state index in [0.717, 1.165) is 49.9 Å². The lowest BCUT2D eigenvalue weighted by Gasteiger charge is -2.16. The van der Waals surface area contributed by atoms with Crippen LogP contribution in [0.15, 0.2) is 158 Å². The van der Waals surface area contributed by atoms with E-state index < -0.39 is 0 Å². The van der Waals surface area contributed by atoms with E-state index in [1.54, 1.807) is 0 Å². The number of nitrogens with zero attached hydrogens (tertiary/aromatic N) is 2. The fourth-order valence-corrected chi connectivity index (χ4v) is 6.73. The van der Waals surface area contributed by atoms with E-state index in [1.165, 1.54) is 37.9 Å². The van der Waals surface area contributed by atoms with Gasteiger partial charge in [0.15, 0.2) is 0 Å². The molecule has 0 saturated carbocycles. The minimum absolute atomic E-state index is 0.886. The quantitative estimate of drug-likeness (QED) is 0.202. The van der Waals surface area contributed by atoms with Crippen molar-refractivity contribution in [3.8, 4) is 33.6 Å². The Morgan fingerprint density at radius 1 is 0.341 bits per heavy atom. The Labute approximate surface area is 254 Å². The number of aromatic nitrogens is 2. The highest BCUT2D eigenvalue weighted by Gasteiger charge is 2.19. The Hall–Kier alpha value is -5.86. The SMILES string of the molecule is c1ccc(-c2cccc(-c3nc4c(ccc5ccccc54)nc3-c3cccc4ccc5ccc6ccccc6c5c34)c2)cc1. The van der Waals surface area contributed by atoms with Crippen molar-refractivity contribution in [3.05, 3.63) is 158 Å². The van der Waals surface area contributed by atoms with Crippen molar-refractivity contribution >= 4 is 54.1 Å². The molecule has 0 fully saturated rings. The van der Waals surface area contributed by atoms with Gasteiger partial charge in [0.2, 0.25) is 0 Å². The Balaban J connectivity index is 1.42. The maximum absolute atomic E-state index is 5.47.